The number of carbonyl (C=O) groups is 1. The minimum Gasteiger partial charge on any atom is -0.451 e. The molecule has 1 aromatic carbocycles. The maximum atomic E-state index is 11.9. The van der Waals surface area contributed by atoms with E-state index >= 15 is 0 Å². The number of hydrogen-bond acceptors (Lipinski definition) is 4. The Morgan fingerprint density at radius 3 is 2.71 bits per heavy atom. The van der Waals surface area contributed by atoms with Crippen molar-refractivity contribution in [2.75, 3.05) is 13.1 Å². The van der Waals surface area contributed by atoms with Crippen LogP contribution in [0, 0.1) is 5.92 Å². The summed E-state index contributed by atoms with van der Waals surface area (Å²) >= 11 is 0. The van der Waals surface area contributed by atoms with Crippen molar-refractivity contribution in [1.29, 1.82) is 0 Å². The Labute approximate surface area is 125 Å². The molecule has 0 aliphatic rings. The van der Waals surface area contributed by atoms with Gasteiger partial charge >= 0.3 is 5.91 Å². The van der Waals surface area contributed by atoms with Gasteiger partial charge in [-0.3, -0.25) is 15.1 Å². The van der Waals surface area contributed by atoms with Crippen LogP contribution in [0.2, 0.25) is 0 Å². The highest BCUT2D eigenvalue weighted by molar-refractivity contribution is 5.98. The van der Waals surface area contributed by atoms with E-state index in [1.807, 2.05) is 24.3 Å². The molecule has 3 N–H and O–H groups in total. The fourth-order valence-electron chi connectivity index (χ4n) is 2.55. The highest BCUT2D eigenvalue weighted by Crippen LogP contribution is 2.27. The van der Waals surface area contributed by atoms with Crippen molar-refractivity contribution in [2.24, 2.45) is 11.8 Å². The predicted octanol–water partition coefficient (Wildman–Crippen LogP) is 2.51. The third-order valence-corrected chi connectivity index (χ3v) is 3.49. The zero-order chi connectivity index (χ0) is 15.4. The lowest BCUT2D eigenvalue weighted by molar-refractivity contribution is 0.0925. The number of rotatable bonds is 6. The van der Waals surface area contributed by atoms with E-state index in [1.54, 1.807) is 0 Å². The molecule has 0 aliphatic heterocycles. The fourth-order valence-corrected chi connectivity index (χ4v) is 2.55. The molecule has 0 aliphatic carbocycles. The van der Waals surface area contributed by atoms with Crippen LogP contribution >= 0.6 is 0 Å². The number of nitrogens with zero attached hydrogens (tertiary/aromatic N) is 1. The molecular formula is C16H23N3O2. The summed E-state index contributed by atoms with van der Waals surface area (Å²) in [7, 11) is 0. The average Bonchev–Trinajstić information content (AvgIpc) is 2.84. The van der Waals surface area contributed by atoms with E-state index in [0.29, 0.717) is 23.8 Å². The summed E-state index contributed by atoms with van der Waals surface area (Å²) in [5, 5.41) is 0.971. The molecule has 2 rings (SSSR count). The summed E-state index contributed by atoms with van der Waals surface area (Å²) < 4.78 is 5.68. The van der Waals surface area contributed by atoms with Crippen molar-refractivity contribution >= 4 is 16.9 Å². The lowest BCUT2D eigenvalue weighted by Gasteiger charge is -2.22. The number of amides is 1. The molecule has 5 nitrogen and oxygen atoms in total. The number of furan rings is 1. The Bertz CT molecular complexity index is 619. The molecule has 0 radical (unpaired) electrons. The van der Waals surface area contributed by atoms with E-state index in [-0.39, 0.29) is 5.91 Å². The molecule has 21 heavy (non-hydrogen) atoms. The van der Waals surface area contributed by atoms with Gasteiger partial charge in [-0.15, -0.1) is 0 Å². The van der Waals surface area contributed by atoms with Crippen LogP contribution in [0.1, 0.15) is 36.9 Å². The van der Waals surface area contributed by atoms with Gasteiger partial charge in [0.1, 0.15) is 5.58 Å². The molecule has 0 saturated heterocycles. The highest BCUT2D eigenvalue weighted by atomic mass is 16.3. The molecule has 0 bridgehead atoms. The van der Waals surface area contributed by atoms with E-state index in [1.165, 1.54) is 0 Å². The second kappa shape index (κ2) is 6.74. The summed E-state index contributed by atoms with van der Waals surface area (Å²) in [6.45, 7) is 9.05. The van der Waals surface area contributed by atoms with Gasteiger partial charge in [0.2, 0.25) is 0 Å². The first-order chi connectivity index (χ1) is 10.1. The van der Waals surface area contributed by atoms with E-state index in [4.69, 9.17) is 10.3 Å². The number of nitrogens with one attached hydrogen (secondary N) is 1. The van der Waals surface area contributed by atoms with Gasteiger partial charge in [-0.05, 0) is 18.5 Å². The topological polar surface area (TPSA) is 71.5 Å². The number of hydrazine groups is 1. The largest absolute Gasteiger partial charge is 0.451 e. The Morgan fingerprint density at radius 1 is 1.38 bits per heavy atom. The van der Waals surface area contributed by atoms with Crippen molar-refractivity contribution in [3.63, 3.8) is 0 Å². The fraction of sp³-hybridized carbons (Fsp3) is 0.438. The first-order valence-electron chi connectivity index (χ1n) is 7.30. The second-order valence-corrected chi connectivity index (χ2v) is 5.60. The monoisotopic (exact) mass is 289 g/mol. The maximum Gasteiger partial charge on any atom is 0.301 e. The minimum atomic E-state index is -0.387. The lowest BCUT2D eigenvalue weighted by atomic mass is 10.1. The Morgan fingerprint density at radius 2 is 2.10 bits per heavy atom. The van der Waals surface area contributed by atoms with Crippen molar-refractivity contribution in [2.45, 2.75) is 27.3 Å². The molecule has 0 fully saturated rings. The number of benzene rings is 1. The zero-order valence-electron chi connectivity index (χ0n) is 12.8. The number of hydrogen-bond donors (Lipinski definition) is 2. The maximum absolute atomic E-state index is 11.9. The minimum absolute atomic E-state index is 0.306. The Balaban J connectivity index is 2.42. The molecule has 2 aromatic rings. The van der Waals surface area contributed by atoms with Gasteiger partial charge < -0.3 is 4.42 Å². The van der Waals surface area contributed by atoms with Crippen LogP contribution < -0.4 is 11.3 Å². The highest BCUT2D eigenvalue weighted by Gasteiger charge is 2.21. The summed E-state index contributed by atoms with van der Waals surface area (Å²) in [6.07, 6.45) is 0. The second-order valence-electron chi connectivity index (χ2n) is 5.60. The first kappa shape index (κ1) is 15.5. The molecule has 5 heteroatoms. The van der Waals surface area contributed by atoms with E-state index in [9.17, 15) is 4.79 Å². The molecule has 0 saturated carbocycles. The molecule has 1 amide bonds. The average molecular weight is 289 g/mol. The third kappa shape index (κ3) is 3.43. The van der Waals surface area contributed by atoms with Crippen LogP contribution in [0.3, 0.4) is 0 Å². The van der Waals surface area contributed by atoms with Crippen molar-refractivity contribution in [3.05, 3.63) is 35.6 Å². The van der Waals surface area contributed by atoms with Crippen molar-refractivity contribution < 1.29 is 9.21 Å². The standard InChI is InChI=1S/C16H23N3O2/c1-4-19(9-11(2)3)10-13-12-7-5-6-8-14(12)21-15(13)16(20)18-17/h5-8,11H,4,9-10,17H2,1-3H3,(H,18,20). The number of carbonyl (C=O) groups excluding carboxylic acids is 1. The molecule has 1 aromatic heterocycles. The van der Waals surface area contributed by atoms with Gasteiger partial charge in [0.25, 0.3) is 0 Å². The van der Waals surface area contributed by atoms with Crippen LogP contribution in [0.5, 0.6) is 0 Å². The van der Waals surface area contributed by atoms with Gasteiger partial charge in [-0.25, -0.2) is 5.84 Å². The predicted molar refractivity (Wildman–Crippen MR) is 83.7 cm³/mol. The van der Waals surface area contributed by atoms with Crippen LogP contribution in [0.15, 0.2) is 28.7 Å². The molecule has 0 spiro atoms. The summed E-state index contributed by atoms with van der Waals surface area (Å²) in [5.74, 6) is 5.75. The third-order valence-electron chi connectivity index (χ3n) is 3.49. The number of fused-ring (bicyclic) bond motifs is 1. The van der Waals surface area contributed by atoms with Crippen molar-refractivity contribution in [1.82, 2.24) is 10.3 Å². The number of para-hydroxylation sites is 1. The summed E-state index contributed by atoms with van der Waals surface area (Å²) in [5.41, 5.74) is 3.78. The van der Waals surface area contributed by atoms with Crippen LogP contribution in [0.25, 0.3) is 11.0 Å². The molecule has 114 valence electrons. The van der Waals surface area contributed by atoms with Crippen LogP contribution in [0.4, 0.5) is 0 Å². The van der Waals surface area contributed by atoms with Gasteiger partial charge in [-0.1, -0.05) is 39.0 Å². The number of nitrogen functional groups attached to an aromatic ring is 1. The summed E-state index contributed by atoms with van der Waals surface area (Å²) in [4.78, 5) is 14.2. The Kier molecular flexibility index (Phi) is 4.98. The molecule has 0 atom stereocenters. The van der Waals surface area contributed by atoms with Gasteiger partial charge in [-0.2, -0.15) is 0 Å². The zero-order valence-corrected chi connectivity index (χ0v) is 12.8. The quantitative estimate of drug-likeness (QED) is 0.487. The van der Waals surface area contributed by atoms with E-state index in [2.05, 4.69) is 31.1 Å². The number of nitrogens with two attached hydrogens (primary N) is 1. The Hall–Kier alpha value is -1.85. The molecule has 1 heterocycles. The molecular weight excluding hydrogens is 266 g/mol. The van der Waals surface area contributed by atoms with E-state index in [0.717, 1.165) is 24.0 Å². The lowest BCUT2D eigenvalue weighted by Crippen LogP contribution is -2.32. The van der Waals surface area contributed by atoms with Gasteiger partial charge in [0.15, 0.2) is 5.76 Å². The van der Waals surface area contributed by atoms with Crippen LogP contribution in [-0.4, -0.2) is 23.9 Å². The first-order valence-corrected chi connectivity index (χ1v) is 7.30. The van der Waals surface area contributed by atoms with Crippen molar-refractivity contribution in [3.8, 4) is 0 Å². The SMILES string of the molecule is CCN(Cc1c(C(=O)NN)oc2ccccc12)CC(C)C. The van der Waals surface area contributed by atoms with Gasteiger partial charge in [0, 0.05) is 24.0 Å². The van der Waals surface area contributed by atoms with Gasteiger partial charge in [0.05, 0.1) is 0 Å². The van der Waals surface area contributed by atoms with Crippen LogP contribution in [-0.2, 0) is 6.54 Å². The van der Waals surface area contributed by atoms with E-state index < -0.39 is 0 Å². The normalized spacial score (nSPS) is 11.5. The molecule has 0 unspecified atom stereocenters. The summed E-state index contributed by atoms with van der Waals surface area (Å²) in [6, 6.07) is 7.69. The smallest absolute Gasteiger partial charge is 0.301 e.